The van der Waals surface area contributed by atoms with Gasteiger partial charge in [0.25, 0.3) is 0 Å². The van der Waals surface area contributed by atoms with E-state index in [9.17, 15) is 4.79 Å². The quantitative estimate of drug-likeness (QED) is 0.820. The lowest BCUT2D eigenvalue weighted by Gasteiger charge is -2.29. The lowest BCUT2D eigenvalue weighted by atomic mass is 10.0. The molecular formula is C14H18ClNO. The number of rotatable bonds is 3. The van der Waals surface area contributed by atoms with Gasteiger partial charge in [0.15, 0.2) is 0 Å². The Bertz CT molecular complexity index is 401. The SMILES string of the molecule is CC(c1ccc(Cl)cc1)N(C)C1CCCC1=O. The summed E-state index contributed by atoms with van der Waals surface area (Å²) in [6, 6.07) is 8.21. The predicted molar refractivity (Wildman–Crippen MR) is 70.3 cm³/mol. The molecule has 1 aliphatic rings. The van der Waals surface area contributed by atoms with Gasteiger partial charge in [0, 0.05) is 17.5 Å². The van der Waals surface area contributed by atoms with E-state index in [0.717, 1.165) is 24.3 Å². The molecule has 0 bridgehead atoms. The van der Waals surface area contributed by atoms with Gasteiger partial charge < -0.3 is 0 Å². The van der Waals surface area contributed by atoms with Gasteiger partial charge >= 0.3 is 0 Å². The lowest BCUT2D eigenvalue weighted by molar-refractivity contribution is -0.122. The van der Waals surface area contributed by atoms with Gasteiger partial charge in [-0.3, -0.25) is 9.69 Å². The van der Waals surface area contributed by atoms with Crippen LogP contribution in [0.2, 0.25) is 5.02 Å². The van der Waals surface area contributed by atoms with Crippen LogP contribution < -0.4 is 0 Å². The zero-order chi connectivity index (χ0) is 12.4. The summed E-state index contributed by atoms with van der Waals surface area (Å²) >= 11 is 5.88. The van der Waals surface area contributed by atoms with E-state index in [4.69, 9.17) is 11.6 Å². The molecule has 0 amide bonds. The van der Waals surface area contributed by atoms with Crippen molar-refractivity contribution in [1.29, 1.82) is 0 Å². The number of ketones is 1. The number of likely N-dealkylation sites (N-methyl/N-ethyl adjacent to an activating group) is 1. The van der Waals surface area contributed by atoms with E-state index in [2.05, 4.69) is 11.8 Å². The molecule has 0 aromatic heterocycles. The maximum absolute atomic E-state index is 11.7. The Hall–Kier alpha value is -0.860. The van der Waals surface area contributed by atoms with Crippen LogP contribution in [0.4, 0.5) is 0 Å². The fraction of sp³-hybridized carbons (Fsp3) is 0.500. The van der Waals surface area contributed by atoms with Crippen LogP contribution in [0, 0.1) is 0 Å². The Balaban J connectivity index is 2.11. The van der Waals surface area contributed by atoms with E-state index in [-0.39, 0.29) is 12.1 Å². The lowest BCUT2D eigenvalue weighted by Crippen LogP contribution is -2.36. The number of nitrogens with zero attached hydrogens (tertiary/aromatic N) is 1. The molecule has 0 spiro atoms. The third-order valence-electron chi connectivity index (χ3n) is 3.73. The van der Waals surface area contributed by atoms with Gasteiger partial charge in [0.2, 0.25) is 0 Å². The third-order valence-corrected chi connectivity index (χ3v) is 3.98. The first-order valence-corrected chi connectivity index (χ1v) is 6.47. The summed E-state index contributed by atoms with van der Waals surface area (Å²) in [5.41, 5.74) is 1.21. The summed E-state index contributed by atoms with van der Waals surface area (Å²) in [5, 5.41) is 0.751. The van der Waals surface area contributed by atoms with Crippen molar-refractivity contribution in [2.75, 3.05) is 7.05 Å². The van der Waals surface area contributed by atoms with Gasteiger partial charge in [0.1, 0.15) is 5.78 Å². The fourth-order valence-electron chi connectivity index (χ4n) is 2.47. The largest absolute Gasteiger partial charge is 0.298 e. The fourth-order valence-corrected chi connectivity index (χ4v) is 2.60. The van der Waals surface area contributed by atoms with Crippen LogP contribution in [0.15, 0.2) is 24.3 Å². The average molecular weight is 252 g/mol. The molecule has 0 aliphatic heterocycles. The van der Waals surface area contributed by atoms with E-state index in [1.165, 1.54) is 5.56 Å². The van der Waals surface area contributed by atoms with Gasteiger partial charge in [-0.15, -0.1) is 0 Å². The van der Waals surface area contributed by atoms with Gasteiger partial charge in [-0.2, -0.15) is 0 Å². The molecule has 0 radical (unpaired) electrons. The summed E-state index contributed by atoms with van der Waals surface area (Å²) < 4.78 is 0. The van der Waals surface area contributed by atoms with Crippen molar-refractivity contribution in [3.63, 3.8) is 0 Å². The molecule has 0 saturated heterocycles. The Morgan fingerprint density at radius 2 is 2.00 bits per heavy atom. The maximum Gasteiger partial charge on any atom is 0.149 e. The van der Waals surface area contributed by atoms with Gasteiger partial charge in [0.05, 0.1) is 6.04 Å². The molecule has 0 N–H and O–H groups in total. The minimum absolute atomic E-state index is 0.0979. The molecule has 0 heterocycles. The van der Waals surface area contributed by atoms with Crippen molar-refractivity contribution >= 4 is 17.4 Å². The van der Waals surface area contributed by atoms with Gasteiger partial charge in [-0.25, -0.2) is 0 Å². The summed E-state index contributed by atoms with van der Waals surface area (Å²) in [7, 11) is 2.03. The molecule has 1 saturated carbocycles. The van der Waals surface area contributed by atoms with E-state index in [1.54, 1.807) is 0 Å². The summed E-state index contributed by atoms with van der Waals surface area (Å²) in [6.45, 7) is 2.13. The molecule has 1 fully saturated rings. The number of carbonyl (C=O) groups excluding carboxylic acids is 1. The minimum Gasteiger partial charge on any atom is -0.298 e. The van der Waals surface area contributed by atoms with Crippen LogP contribution in [0.1, 0.15) is 37.8 Å². The highest BCUT2D eigenvalue weighted by Gasteiger charge is 2.30. The van der Waals surface area contributed by atoms with E-state index >= 15 is 0 Å². The van der Waals surface area contributed by atoms with Crippen LogP contribution in [0.25, 0.3) is 0 Å². The molecule has 1 aromatic rings. The van der Waals surface area contributed by atoms with Gasteiger partial charge in [-0.1, -0.05) is 23.7 Å². The highest BCUT2D eigenvalue weighted by Crippen LogP contribution is 2.28. The molecule has 2 atom stereocenters. The maximum atomic E-state index is 11.7. The van der Waals surface area contributed by atoms with Crippen molar-refractivity contribution < 1.29 is 4.79 Å². The number of Topliss-reactive ketones (excluding diaryl/α,β-unsaturated/α-hetero) is 1. The first kappa shape index (κ1) is 12.6. The minimum atomic E-state index is 0.0979. The summed E-state index contributed by atoms with van der Waals surface area (Å²) in [5.74, 6) is 0.383. The molecule has 2 unspecified atom stereocenters. The van der Waals surface area contributed by atoms with E-state index < -0.39 is 0 Å². The zero-order valence-corrected chi connectivity index (χ0v) is 11.1. The van der Waals surface area contributed by atoms with Gasteiger partial charge in [-0.05, 0) is 44.5 Å². The number of halogens is 1. The van der Waals surface area contributed by atoms with Crippen molar-refractivity contribution in [3.05, 3.63) is 34.9 Å². The van der Waals surface area contributed by atoms with Crippen LogP contribution in [0.5, 0.6) is 0 Å². The molecule has 2 rings (SSSR count). The smallest absolute Gasteiger partial charge is 0.149 e. The van der Waals surface area contributed by atoms with E-state index in [1.807, 2.05) is 31.3 Å². The molecule has 3 heteroatoms. The second-order valence-corrected chi connectivity index (χ2v) is 5.20. The number of hydrogen-bond donors (Lipinski definition) is 0. The van der Waals surface area contributed by atoms with Crippen LogP contribution in [-0.4, -0.2) is 23.8 Å². The normalized spacial score (nSPS) is 22.1. The Morgan fingerprint density at radius 3 is 2.53 bits per heavy atom. The van der Waals surface area contributed by atoms with Crippen molar-refractivity contribution in [1.82, 2.24) is 4.90 Å². The summed E-state index contributed by atoms with van der Waals surface area (Å²) in [4.78, 5) is 13.9. The standard InChI is InChI=1S/C14H18ClNO/c1-10(11-6-8-12(15)9-7-11)16(2)13-4-3-5-14(13)17/h6-10,13H,3-5H2,1-2H3. The third kappa shape index (κ3) is 2.70. The first-order chi connectivity index (χ1) is 8.09. The Labute approximate surface area is 108 Å². The molecule has 1 aliphatic carbocycles. The molecular weight excluding hydrogens is 234 g/mol. The van der Waals surface area contributed by atoms with Crippen LogP contribution in [-0.2, 0) is 4.79 Å². The molecule has 1 aromatic carbocycles. The number of carbonyl (C=O) groups is 1. The highest BCUT2D eigenvalue weighted by molar-refractivity contribution is 6.30. The Kier molecular flexibility index (Phi) is 3.85. The van der Waals surface area contributed by atoms with Crippen LogP contribution in [0.3, 0.4) is 0 Å². The Morgan fingerprint density at radius 1 is 1.35 bits per heavy atom. The topological polar surface area (TPSA) is 20.3 Å². The molecule has 92 valence electrons. The highest BCUT2D eigenvalue weighted by atomic mass is 35.5. The summed E-state index contributed by atoms with van der Waals surface area (Å²) in [6.07, 6.45) is 2.76. The molecule has 17 heavy (non-hydrogen) atoms. The number of benzene rings is 1. The van der Waals surface area contributed by atoms with E-state index in [0.29, 0.717) is 5.78 Å². The number of hydrogen-bond acceptors (Lipinski definition) is 2. The predicted octanol–water partition coefficient (Wildman–Crippen LogP) is 3.45. The first-order valence-electron chi connectivity index (χ1n) is 6.09. The average Bonchev–Trinajstić information content (AvgIpc) is 2.74. The van der Waals surface area contributed by atoms with Crippen molar-refractivity contribution in [3.8, 4) is 0 Å². The van der Waals surface area contributed by atoms with Crippen molar-refractivity contribution in [2.45, 2.75) is 38.3 Å². The monoisotopic (exact) mass is 251 g/mol. The van der Waals surface area contributed by atoms with Crippen molar-refractivity contribution in [2.24, 2.45) is 0 Å². The second kappa shape index (κ2) is 5.19. The zero-order valence-electron chi connectivity index (χ0n) is 10.3. The second-order valence-electron chi connectivity index (χ2n) is 4.77. The van der Waals surface area contributed by atoms with Crippen LogP contribution >= 0.6 is 11.6 Å². The molecule has 2 nitrogen and oxygen atoms in total.